The molecule has 0 fully saturated rings. The number of hydrogen-bond acceptors (Lipinski definition) is 4. The van der Waals surface area contributed by atoms with Crippen molar-refractivity contribution in [3.05, 3.63) is 66.3 Å². The van der Waals surface area contributed by atoms with Crippen molar-refractivity contribution in [2.75, 3.05) is 7.05 Å². The Bertz CT molecular complexity index is 755. The lowest BCUT2D eigenvalue weighted by molar-refractivity contribution is -0.129. The summed E-state index contributed by atoms with van der Waals surface area (Å²) in [6, 6.07) is 5.77. The lowest BCUT2D eigenvalue weighted by atomic mass is 9.81. The number of benzene rings is 1. The van der Waals surface area contributed by atoms with Crippen molar-refractivity contribution in [2.45, 2.75) is 40.3 Å². The molecule has 7 heteroatoms. The molecule has 1 aliphatic rings. The number of nitrogens with zero attached hydrogens (tertiary/aromatic N) is 2. The van der Waals surface area contributed by atoms with Crippen LogP contribution in [0.15, 0.2) is 65.7 Å². The Hall–Kier alpha value is -2.96. The molecule has 1 aromatic carbocycles. The van der Waals surface area contributed by atoms with Gasteiger partial charge in [0, 0.05) is 7.05 Å². The first-order valence-corrected chi connectivity index (χ1v) is 8.51. The van der Waals surface area contributed by atoms with E-state index in [1.54, 1.807) is 31.2 Å². The Morgan fingerprint density at radius 1 is 1.32 bits per heavy atom. The van der Waals surface area contributed by atoms with Gasteiger partial charge in [-0.15, -0.1) is 0 Å². The molecule has 0 aliphatic carbocycles. The van der Waals surface area contributed by atoms with Crippen LogP contribution in [0.25, 0.3) is 0 Å². The molecule has 0 bridgehead atoms. The second-order valence-electron chi connectivity index (χ2n) is 5.31. The summed E-state index contributed by atoms with van der Waals surface area (Å²) in [5.74, 6) is -0.291. The van der Waals surface area contributed by atoms with Gasteiger partial charge in [0.15, 0.2) is 11.5 Å². The van der Waals surface area contributed by atoms with Gasteiger partial charge < -0.3 is 10.5 Å². The van der Waals surface area contributed by atoms with E-state index in [0.717, 1.165) is 0 Å². The molecule has 0 aromatic heterocycles. The van der Waals surface area contributed by atoms with Crippen LogP contribution in [0, 0.1) is 0 Å². The van der Waals surface area contributed by atoms with Crippen LogP contribution in [-0.2, 0) is 10.3 Å². The number of guanidine groups is 1. The minimum absolute atomic E-state index is 0. The summed E-state index contributed by atoms with van der Waals surface area (Å²) >= 11 is 0. The largest absolute Gasteiger partial charge is 0.435 e. The number of halogens is 2. The van der Waals surface area contributed by atoms with E-state index < -0.39 is 12.2 Å². The Labute approximate surface area is 165 Å². The van der Waals surface area contributed by atoms with Gasteiger partial charge in [-0.3, -0.25) is 9.69 Å². The molecule has 1 amide bonds. The molecule has 0 radical (unpaired) electrons. The highest BCUT2D eigenvalue weighted by molar-refractivity contribution is 6.09. The average molecular weight is 393 g/mol. The predicted octanol–water partition coefficient (Wildman–Crippen LogP) is 4.62. The van der Waals surface area contributed by atoms with Crippen LogP contribution >= 0.6 is 0 Å². The smallest absolute Gasteiger partial charge is 0.387 e. The molecular weight excluding hydrogens is 364 g/mol. The zero-order valence-electron chi connectivity index (χ0n) is 15.9. The van der Waals surface area contributed by atoms with Gasteiger partial charge in [-0.25, -0.2) is 4.99 Å². The minimum Gasteiger partial charge on any atom is -0.435 e. The number of amides is 1. The Morgan fingerprint density at radius 2 is 1.89 bits per heavy atom. The summed E-state index contributed by atoms with van der Waals surface area (Å²) in [7, 11) is 1.53. The van der Waals surface area contributed by atoms with Gasteiger partial charge in [-0.2, -0.15) is 8.78 Å². The number of nitrogens with two attached hydrogens (primary N) is 1. The van der Waals surface area contributed by atoms with E-state index >= 15 is 0 Å². The Kier molecular flexibility index (Phi) is 9.85. The lowest BCUT2D eigenvalue weighted by Crippen LogP contribution is -2.41. The van der Waals surface area contributed by atoms with Crippen LogP contribution in [-0.4, -0.2) is 30.4 Å². The van der Waals surface area contributed by atoms with Gasteiger partial charge in [0.2, 0.25) is 0 Å². The summed E-state index contributed by atoms with van der Waals surface area (Å²) in [5.41, 5.74) is 5.51. The van der Waals surface area contributed by atoms with E-state index in [1.165, 1.54) is 36.2 Å². The minimum atomic E-state index is -2.92. The maximum Gasteiger partial charge on any atom is 0.387 e. The summed E-state index contributed by atoms with van der Waals surface area (Å²) in [5, 5.41) is 0. The van der Waals surface area contributed by atoms with Crippen LogP contribution in [0.1, 0.15) is 33.8 Å². The van der Waals surface area contributed by atoms with Crippen LogP contribution in [0.5, 0.6) is 5.75 Å². The lowest BCUT2D eigenvalue weighted by Gasteiger charge is -2.27. The van der Waals surface area contributed by atoms with Gasteiger partial charge in [-0.05, 0) is 30.2 Å². The number of likely N-dealkylation sites (N-methyl/N-ethyl adjacent to an activating group) is 1. The first kappa shape index (κ1) is 25.0. The molecule has 0 saturated carbocycles. The molecule has 1 atom stereocenters. The zero-order chi connectivity index (χ0) is 20.6. The molecule has 1 aliphatic heterocycles. The predicted molar refractivity (Wildman–Crippen MR) is 110 cm³/mol. The summed E-state index contributed by atoms with van der Waals surface area (Å²) in [4.78, 5) is 18.6. The second-order valence-corrected chi connectivity index (χ2v) is 5.31. The molecule has 0 saturated heterocycles. The van der Waals surface area contributed by atoms with Crippen molar-refractivity contribution in [3.63, 3.8) is 0 Å². The van der Waals surface area contributed by atoms with Gasteiger partial charge in [-0.1, -0.05) is 64.3 Å². The molecule has 0 spiro atoms. The first-order valence-electron chi connectivity index (χ1n) is 8.51. The highest BCUT2D eigenvalue weighted by Crippen LogP contribution is 2.40. The van der Waals surface area contributed by atoms with E-state index in [9.17, 15) is 13.6 Å². The highest BCUT2D eigenvalue weighted by atomic mass is 19.3. The number of alkyl halides is 2. The molecule has 154 valence electrons. The van der Waals surface area contributed by atoms with E-state index in [-0.39, 0.29) is 25.0 Å². The van der Waals surface area contributed by atoms with Gasteiger partial charge in [0.05, 0.1) is 0 Å². The third-order valence-corrected chi connectivity index (χ3v) is 3.80. The topological polar surface area (TPSA) is 67.9 Å². The van der Waals surface area contributed by atoms with Crippen LogP contribution in [0.3, 0.4) is 0 Å². The monoisotopic (exact) mass is 393 g/mol. The van der Waals surface area contributed by atoms with Crippen molar-refractivity contribution in [2.24, 2.45) is 10.7 Å². The van der Waals surface area contributed by atoms with Gasteiger partial charge >= 0.3 is 6.61 Å². The fraction of sp³-hybridized carbons (Fsp3) is 0.333. The summed E-state index contributed by atoms with van der Waals surface area (Å²) in [6.07, 6.45) is 6.71. The molecule has 5 nitrogen and oxygen atoms in total. The van der Waals surface area contributed by atoms with Crippen molar-refractivity contribution in [1.82, 2.24) is 4.90 Å². The van der Waals surface area contributed by atoms with E-state index in [4.69, 9.17) is 5.73 Å². The van der Waals surface area contributed by atoms with Crippen molar-refractivity contribution in [1.29, 1.82) is 0 Å². The van der Waals surface area contributed by atoms with Crippen molar-refractivity contribution in [3.8, 4) is 5.75 Å². The normalized spacial score (nSPS) is 19.1. The highest BCUT2D eigenvalue weighted by Gasteiger charge is 2.49. The van der Waals surface area contributed by atoms with E-state index in [2.05, 4.69) is 16.3 Å². The third kappa shape index (κ3) is 4.85. The molecule has 1 aromatic rings. The quantitative estimate of drug-likeness (QED) is 0.717. The maximum absolute atomic E-state index is 13.0. The van der Waals surface area contributed by atoms with Crippen molar-refractivity contribution < 1.29 is 18.3 Å². The number of rotatable bonds is 6. The molecule has 2 N–H and O–H groups in total. The first-order chi connectivity index (χ1) is 12.9. The number of aliphatic imine (C=N–C) groups is 1. The van der Waals surface area contributed by atoms with Gasteiger partial charge in [0.25, 0.3) is 5.91 Å². The maximum atomic E-state index is 13.0. The van der Waals surface area contributed by atoms with Gasteiger partial charge in [0.1, 0.15) is 5.75 Å². The number of allylic oxidation sites excluding steroid dienone is 3. The summed E-state index contributed by atoms with van der Waals surface area (Å²) in [6.45, 7) is 6.55. The van der Waals surface area contributed by atoms with E-state index in [1.807, 2.05) is 13.8 Å². The Balaban J connectivity index is 0.00000235. The number of hydrogen-bond donors (Lipinski definition) is 1. The van der Waals surface area contributed by atoms with Crippen molar-refractivity contribution >= 4 is 11.9 Å². The number of ether oxygens (including phenoxy) is 1. The van der Waals surface area contributed by atoms with Crippen LogP contribution in [0.4, 0.5) is 8.78 Å². The van der Waals surface area contributed by atoms with E-state index in [0.29, 0.717) is 11.1 Å². The fourth-order valence-electron chi connectivity index (χ4n) is 2.66. The molecule has 0 unspecified atom stereocenters. The van der Waals surface area contributed by atoms with Crippen LogP contribution < -0.4 is 10.5 Å². The second kappa shape index (κ2) is 11.0. The molecule has 28 heavy (non-hydrogen) atoms. The average Bonchev–Trinajstić information content (AvgIpc) is 2.88. The Morgan fingerprint density at radius 3 is 2.29 bits per heavy atom. The molecule has 1 heterocycles. The zero-order valence-corrected chi connectivity index (χ0v) is 15.9. The number of carbonyl (C=O) groups excluding carboxylic acids is 1. The van der Waals surface area contributed by atoms with Crippen LogP contribution in [0.2, 0.25) is 0 Å². The molecule has 2 rings (SSSR count). The SMILES string of the molecule is C.C=C/C=C(\C=C/C)[C@]1(c2ccc(OC(F)F)cc2)N=C(N)N(C)C1=O.CC. The summed E-state index contributed by atoms with van der Waals surface area (Å²) < 4.78 is 29.0. The third-order valence-electron chi connectivity index (χ3n) is 3.80. The fourth-order valence-corrected chi connectivity index (χ4v) is 2.66. The number of carbonyl (C=O) groups is 1. The standard InChI is InChI=1S/C18H19F2N3O2.C2H6.CH4/c1-4-6-12(7-5-2)18(15(24)23(3)17(21)22-18)13-8-10-14(11-9-13)25-16(19)20;1-2;/h4-11,16H,1H2,2-3H3,(H2,21,22);1-2H3;1H4/b7-5-,12-6+;;/t18-;;/m1../s1. The molecular formula is C21H29F2N3O2.